The highest BCUT2D eigenvalue weighted by atomic mass is 32.2. The third-order valence-electron chi connectivity index (χ3n) is 3.64. The summed E-state index contributed by atoms with van der Waals surface area (Å²) in [6.45, 7) is 1.86. The summed E-state index contributed by atoms with van der Waals surface area (Å²) in [5.41, 5.74) is 1.10. The highest BCUT2D eigenvalue weighted by Crippen LogP contribution is 2.29. The van der Waals surface area contributed by atoms with Gasteiger partial charge >= 0.3 is 10.1 Å². The summed E-state index contributed by atoms with van der Waals surface area (Å²) in [4.78, 5) is 11.1. The van der Waals surface area contributed by atoms with Crippen molar-refractivity contribution in [3.05, 3.63) is 65.7 Å². The Balaban J connectivity index is 2.00. The quantitative estimate of drug-likeness (QED) is 0.580. The Morgan fingerprint density at radius 1 is 1.00 bits per heavy atom. The van der Waals surface area contributed by atoms with Crippen LogP contribution < -0.4 is 4.18 Å². The van der Waals surface area contributed by atoms with Gasteiger partial charge in [-0.25, -0.2) is 0 Å². The Kier molecular flexibility index (Phi) is 3.99. The lowest BCUT2D eigenvalue weighted by Crippen LogP contribution is -2.09. The van der Waals surface area contributed by atoms with E-state index in [1.807, 2.05) is 6.92 Å². The van der Waals surface area contributed by atoms with Gasteiger partial charge in [-0.15, -0.1) is 0 Å². The van der Waals surface area contributed by atoms with Gasteiger partial charge in [-0.3, -0.25) is 4.79 Å². The van der Waals surface area contributed by atoms with Crippen molar-refractivity contribution >= 4 is 27.2 Å². The Morgan fingerprint density at radius 3 is 2.38 bits per heavy atom. The summed E-state index contributed by atoms with van der Waals surface area (Å²) in [6, 6.07) is 13.8. The van der Waals surface area contributed by atoms with E-state index < -0.39 is 10.1 Å². The minimum absolute atomic E-state index is 0.0625. The lowest BCUT2D eigenvalue weighted by Gasteiger charge is -2.09. The predicted molar refractivity (Wildman–Crippen MR) is 90.0 cm³/mol. The van der Waals surface area contributed by atoms with E-state index in [1.165, 1.54) is 30.3 Å². The van der Waals surface area contributed by atoms with Gasteiger partial charge in [0.05, 0.1) is 5.56 Å². The molecule has 0 saturated carbocycles. The molecule has 0 aliphatic rings. The second-order valence-electron chi connectivity index (χ2n) is 5.35. The first kappa shape index (κ1) is 16.0. The Bertz CT molecular complexity index is 1020. The Hall–Kier alpha value is -2.86. The van der Waals surface area contributed by atoms with Gasteiger partial charge in [0, 0.05) is 0 Å². The molecule has 0 unspecified atom stereocenters. The summed E-state index contributed by atoms with van der Waals surface area (Å²) < 4.78 is 29.8. The van der Waals surface area contributed by atoms with Gasteiger partial charge in [-0.05, 0) is 54.1 Å². The second kappa shape index (κ2) is 5.98. The van der Waals surface area contributed by atoms with Crippen molar-refractivity contribution in [3.8, 4) is 11.5 Å². The zero-order valence-electron chi connectivity index (χ0n) is 12.8. The van der Waals surface area contributed by atoms with E-state index in [1.54, 1.807) is 24.3 Å². The molecule has 0 aliphatic heterocycles. The Labute approximate surface area is 139 Å². The van der Waals surface area contributed by atoms with E-state index in [-0.39, 0.29) is 22.0 Å². The molecule has 5 nitrogen and oxygen atoms in total. The fourth-order valence-electron chi connectivity index (χ4n) is 2.38. The number of carbonyl (C=O) groups is 1. The maximum atomic E-state index is 12.3. The molecule has 0 saturated heterocycles. The van der Waals surface area contributed by atoms with Crippen LogP contribution >= 0.6 is 0 Å². The molecule has 0 radical (unpaired) electrons. The van der Waals surface area contributed by atoms with Gasteiger partial charge in [0.15, 0.2) is 6.29 Å². The summed E-state index contributed by atoms with van der Waals surface area (Å²) in [5, 5.41) is 10.8. The van der Waals surface area contributed by atoms with E-state index in [9.17, 15) is 18.3 Å². The van der Waals surface area contributed by atoms with E-state index in [4.69, 9.17) is 4.18 Å². The number of hydrogen-bond acceptors (Lipinski definition) is 5. The van der Waals surface area contributed by atoms with E-state index in [0.717, 1.165) is 5.56 Å². The van der Waals surface area contributed by atoms with Gasteiger partial charge in [-0.2, -0.15) is 8.42 Å². The van der Waals surface area contributed by atoms with Crippen LogP contribution in [0.5, 0.6) is 11.5 Å². The molecule has 0 amide bonds. The molecule has 3 rings (SSSR count). The number of aldehydes is 1. The first-order valence-corrected chi connectivity index (χ1v) is 8.53. The lowest BCUT2D eigenvalue weighted by molar-refractivity contribution is 0.112. The van der Waals surface area contributed by atoms with Crippen molar-refractivity contribution in [2.75, 3.05) is 0 Å². The van der Waals surface area contributed by atoms with Crippen molar-refractivity contribution < 1.29 is 22.5 Å². The predicted octanol–water partition coefficient (Wildman–Crippen LogP) is 3.43. The summed E-state index contributed by atoms with van der Waals surface area (Å²) in [5.74, 6) is 0.00376. The van der Waals surface area contributed by atoms with Crippen LogP contribution in [0, 0.1) is 6.92 Å². The minimum atomic E-state index is -3.94. The average Bonchev–Trinajstić information content (AvgIpc) is 2.55. The summed E-state index contributed by atoms with van der Waals surface area (Å²) >= 11 is 0. The largest absolute Gasteiger partial charge is 0.507 e. The van der Waals surface area contributed by atoms with Crippen molar-refractivity contribution in [1.29, 1.82) is 0 Å². The highest BCUT2D eigenvalue weighted by molar-refractivity contribution is 7.87. The van der Waals surface area contributed by atoms with Crippen LogP contribution in [0.15, 0.2) is 59.5 Å². The van der Waals surface area contributed by atoms with E-state index >= 15 is 0 Å². The first-order valence-electron chi connectivity index (χ1n) is 7.13. The second-order valence-corrected chi connectivity index (χ2v) is 6.90. The normalized spacial score (nSPS) is 11.4. The molecular weight excluding hydrogens is 328 g/mol. The SMILES string of the molecule is Cc1ccc(S(=O)(=O)Oc2ccc3c(C=O)c(O)ccc3c2)cc1. The van der Waals surface area contributed by atoms with Gasteiger partial charge in [0.2, 0.25) is 0 Å². The topological polar surface area (TPSA) is 80.7 Å². The fraction of sp³-hybridized carbons (Fsp3) is 0.0556. The molecule has 3 aromatic rings. The molecule has 0 atom stereocenters. The number of phenols is 1. The number of carbonyl (C=O) groups excluding carboxylic acids is 1. The zero-order valence-corrected chi connectivity index (χ0v) is 13.6. The van der Waals surface area contributed by atoms with Crippen molar-refractivity contribution in [2.24, 2.45) is 0 Å². The number of rotatable bonds is 4. The minimum Gasteiger partial charge on any atom is -0.507 e. The van der Waals surface area contributed by atoms with E-state index in [2.05, 4.69) is 0 Å². The molecule has 0 heterocycles. The van der Waals surface area contributed by atoms with Crippen LogP contribution in [-0.2, 0) is 10.1 Å². The lowest BCUT2D eigenvalue weighted by atomic mass is 10.0. The van der Waals surface area contributed by atoms with Crippen LogP contribution in [0.1, 0.15) is 15.9 Å². The molecular formula is C18H14O5S. The molecule has 3 aromatic carbocycles. The van der Waals surface area contributed by atoms with Gasteiger partial charge in [-0.1, -0.05) is 23.8 Å². The average molecular weight is 342 g/mol. The third kappa shape index (κ3) is 2.96. The molecule has 24 heavy (non-hydrogen) atoms. The van der Waals surface area contributed by atoms with Gasteiger partial charge in [0.25, 0.3) is 0 Å². The third-order valence-corrected chi connectivity index (χ3v) is 4.90. The zero-order chi connectivity index (χ0) is 17.3. The van der Waals surface area contributed by atoms with Crippen LogP contribution in [0.2, 0.25) is 0 Å². The van der Waals surface area contributed by atoms with Crippen LogP contribution in [0.3, 0.4) is 0 Å². The smallest absolute Gasteiger partial charge is 0.339 e. The molecule has 0 bridgehead atoms. The first-order chi connectivity index (χ1) is 11.4. The van der Waals surface area contributed by atoms with Gasteiger partial charge < -0.3 is 9.29 Å². The summed E-state index contributed by atoms with van der Waals surface area (Å²) in [7, 11) is -3.94. The highest BCUT2D eigenvalue weighted by Gasteiger charge is 2.17. The van der Waals surface area contributed by atoms with Crippen molar-refractivity contribution in [1.82, 2.24) is 0 Å². The van der Waals surface area contributed by atoms with E-state index in [0.29, 0.717) is 17.1 Å². The van der Waals surface area contributed by atoms with Crippen molar-refractivity contribution in [3.63, 3.8) is 0 Å². The number of aryl methyl sites for hydroxylation is 1. The van der Waals surface area contributed by atoms with Crippen LogP contribution in [0.25, 0.3) is 10.8 Å². The maximum Gasteiger partial charge on any atom is 0.339 e. The fourth-order valence-corrected chi connectivity index (χ4v) is 3.30. The van der Waals surface area contributed by atoms with Crippen LogP contribution in [-0.4, -0.2) is 19.8 Å². The monoisotopic (exact) mass is 342 g/mol. The standard InChI is InChI=1S/C18H14O5S/c1-12-2-6-15(7-3-12)24(21,22)23-14-5-8-16-13(10-14)4-9-18(20)17(16)11-19/h2-11,20H,1H3. The molecule has 1 N–H and O–H groups in total. The van der Waals surface area contributed by atoms with Gasteiger partial charge in [0.1, 0.15) is 16.4 Å². The number of hydrogen-bond donors (Lipinski definition) is 1. The van der Waals surface area contributed by atoms with Crippen LogP contribution in [0.4, 0.5) is 0 Å². The molecule has 0 spiro atoms. The molecule has 6 heteroatoms. The van der Waals surface area contributed by atoms with Crippen molar-refractivity contribution in [2.45, 2.75) is 11.8 Å². The number of benzene rings is 3. The molecule has 0 fully saturated rings. The number of aromatic hydroxyl groups is 1. The maximum absolute atomic E-state index is 12.3. The number of phenolic OH excluding ortho intramolecular Hbond substituents is 1. The number of fused-ring (bicyclic) bond motifs is 1. The molecule has 0 aromatic heterocycles. The Morgan fingerprint density at radius 2 is 1.71 bits per heavy atom. The molecule has 122 valence electrons. The summed E-state index contributed by atoms with van der Waals surface area (Å²) in [6.07, 6.45) is 0.557. The molecule has 0 aliphatic carbocycles.